The molecule has 0 unspecified atom stereocenters. The van der Waals surface area contributed by atoms with Crippen LogP contribution in [-0.2, 0) is 4.79 Å². The maximum Gasteiger partial charge on any atom is 0.223 e. The van der Waals surface area contributed by atoms with Crippen LogP contribution >= 0.6 is 11.3 Å². The van der Waals surface area contributed by atoms with Crippen molar-refractivity contribution in [2.75, 3.05) is 10.5 Å². The van der Waals surface area contributed by atoms with Crippen LogP contribution in [0.1, 0.15) is 6.92 Å². The van der Waals surface area contributed by atoms with Gasteiger partial charge in [0.05, 0.1) is 6.20 Å². The van der Waals surface area contributed by atoms with Crippen molar-refractivity contribution in [1.29, 1.82) is 0 Å². The molecule has 0 bridgehead atoms. The predicted molar refractivity (Wildman–Crippen MR) is 44.1 cm³/mol. The van der Waals surface area contributed by atoms with Crippen molar-refractivity contribution in [2.45, 2.75) is 6.92 Å². The van der Waals surface area contributed by atoms with Crippen molar-refractivity contribution in [3.05, 3.63) is 11.4 Å². The second-order valence-corrected chi connectivity index (χ2v) is 2.97. The summed E-state index contributed by atoms with van der Waals surface area (Å²) in [6, 6.07) is 0. The van der Waals surface area contributed by atoms with Gasteiger partial charge in [0.2, 0.25) is 5.91 Å². The van der Waals surface area contributed by atoms with E-state index in [1.165, 1.54) is 13.1 Å². The summed E-state index contributed by atoms with van der Waals surface area (Å²) in [5.74, 6) is -0.272. The van der Waals surface area contributed by atoms with Crippen molar-refractivity contribution in [3.63, 3.8) is 0 Å². The number of nitrogens with zero attached hydrogens (tertiary/aromatic N) is 2. The summed E-state index contributed by atoms with van der Waals surface area (Å²) < 4.78 is 0. The Bertz CT molecular complexity index is 285. The van der Waals surface area contributed by atoms with E-state index < -0.39 is 0 Å². The number of anilines is 2. The SMILES string of the molecule is CC(=O)Nc1ncc(N([O-])O)s1. The van der Waals surface area contributed by atoms with Crippen LogP contribution in [0.15, 0.2) is 6.20 Å². The zero-order chi connectivity index (χ0) is 9.14. The van der Waals surface area contributed by atoms with E-state index in [1.54, 1.807) is 0 Å². The minimum absolute atomic E-state index is 0.0266. The predicted octanol–water partition coefficient (Wildman–Crippen LogP) is 0.795. The maximum atomic E-state index is 10.5. The molecule has 0 radical (unpaired) electrons. The zero-order valence-electron chi connectivity index (χ0n) is 6.14. The fourth-order valence-corrected chi connectivity index (χ4v) is 1.24. The Morgan fingerprint density at radius 1 is 1.92 bits per heavy atom. The number of hydrogen-bond acceptors (Lipinski definition) is 6. The number of aromatic nitrogens is 1. The Morgan fingerprint density at radius 3 is 3.00 bits per heavy atom. The Morgan fingerprint density at radius 2 is 2.58 bits per heavy atom. The highest BCUT2D eigenvalue weighted by molar-refractivity contribution is 7.19. The van der Waals surface area contributed by atoms with E-state index in [2.05, 4.69) is 10.3 Å². The minimum Gasteiger partial charge on any atom is -0.733 e. The van der Waals surface area contributed by atoms with Gasteiger partial charge in [-0.05, 0) is 0 Å². The molecule has 66 valence electrons. The van der Waals surface area contributed by atoms with Crippen LogP contribution < -0.4 is 10.5 Å². The molecule has 0 aromatic carbocycles. The van der Waals surface area contributed by atoms with Crippen LogP contribution in [0, 0.1) is 5.21 Å². The lowest BCUT2D eigenvalue weighted by atomic mass is 10.7. The van der Waals surface area contributed by atoms with Crippen molar-refractivity contribution < 1.29 is 10.0 Å². The van der Waals surface area contributed by atoms with Gasteiger partial charge in [0, 0.05) is 6.92 Å². The number of carbonyl (C=O) groups is 1. The molecular weight excluding hydrogens is 182 g/mol. The molecule has 0 aliphatic carbocycles. The summed E-state index contributed by atoms with van der Waals surface area (Å²) in [4.78, 5) is 14.2. The molecule has 1 heterocycles. The lowest BCUT2D eigenvalue weighted by Gasteiger charge is -2.17. The number of carbonyl (C=O) groups excluding carboxylic acids is 1. The molecule has 0 saturated heterocycles. The molecule has 12 heavy (non-hydrogen) atoms. The molecule has 1 rings (SSSR count). The Balaban J connectivity index is 2.70. The Hall–Kier alpha value is -1.18. The van der Waals surface area contributed by atoms with E-state index in [0.29, 0.717) is 0 Å². The van der Waals surface area contributed by atoms with Gasteiger partial charge in [-0.3, -0.25) is 10.0 Å². The third-order valence-corrected chi connectivity index (χ3v) is 1.84. The van der Waals surface area contributed by atoms with E-state index in [9.17, 15) is 10.0 Å². The van der Waals surface area contributed by atoms with Gasteiger partial charge in [-0.15, -0.1) is 0 Å². The standard InChI is InChI=1S/C5H6N3O3S/c1-3(9)7-5-6-2-4(12-5)8(10)11/h2,10H,1H3,(H,6,7,9)/q-1. The van der Waals surface area contributed by atoms with Crippen molar-refractivity contribution in [2.24, 2.45) is 0 Å². The van der Waals surface area contributed by atoms with Gasteiger partial charge in [-0.25, -0.2) is 4.98 Å². The summed E-state index contributed by atoms with van der Waals surface area (Å²) in [5.41, 5.74) is 0. The van der Waals surface area contributed by atoms with E-state index in [-0.39, 0.29) is 21.3 Å². The maximum absolute atomic E-state index is 10.5. The molecule has 0 aliphatic heterocycles. The van der Waals surface area contributed by atoms with Crippen LogP contribution in [0.25, 0.3) is 0 Å². The third kappa shape index (κ3) is 2.16. The molecule has 0 spiro atoms. The van der Waals surface area contributed by atoms with Crippen molar-refractivity contribution in [1.82, 2.24) is 4.98 Å². The summed E-state index contributed by atoms with van der Waals surface area (Å²) in [5, 5.41) is 21.1. The number of nitrogens with one attached hydrogen (secondary N) is 1. The Kier molecular flexibility index (Phi) is 2.58. The van der Waals surface area contributed by atoms with E-state index in [1.807, 2.05) is 0 Å². The zero-order valence-corrected chi connectivity index (χ0v) is 6.96. The van der Waals surface area contributed by atoms with Crippen LogP contribution in [0.4, 0.5) is 10.1 Å². The van der Waals surface area contributed by atoms with Crippen molar-refractivity contribution >= 4 is 27.4 Å². The van der Waals surface area contributed by atoms with E-state index >= 15 is 0 Å². The average molecular weight is 188 g/mol. The largest absolute Gasteiger partial charge is 0.733 e. The van der Waals surface area contributed by atoms with Crippen LogP contribution in [0.5, 0.6) is 0 Å². The van der Waals surface area contributed by atoms with Gasteiger partial charge < -0.3 is 15.8 Å². The highest BCUT2D eigenvalue weighted by Gasteiger charge is 2.02. The normalized spacial score (nSPS) is 9.58. The fraction of sp³-hybridized carbons (Fsp3) is 0.200. The van der Waals surface area contributed by atoms with Gasteiger partial charge in [0.1, 0.15) is 5.00 Å². The summed E-state index contributed by atoms with van der Waals surface area (Å²) in [7, 11) is 0. The van der Waals surface area contributed by atoms with Gasteiger partial charge in [-0.2, -0.15) is 0 Å². The van der Waals surface area contributed by atoms with Gasteiger partial charge in [0.15, 0.2) is 5.13 Å². The number of thiazole rings is 1. The lowest BCUT2D eigenvalue weighted by Crippen LogP contribution is -2.05. The molecule has 0 saturated carbocycles. The molecule has 6 nitrogen and oxygen atoms in total. The minimum atomic E-state index is -0.303. The topological polar surface area (TPSA) is 88.5 Å². The van der Waals surface area contributed by atoms with Crippen molar-refractivity contribution in [3.8, 4) is 0 Å². The highest BCUT2D eigenvalue weighted by Crippen LogP contribution is 2.24. The number of hydrogen-bond donors (Lipinski definition) is 2. The first-order valence-corrected chi connectivity index (χ1v) is 3.81. The quantitative estimate of drug-likeness (QED) is 0.670. The van der Waals surface area contributed by atoms with Crippen LogP contribution in [-0.4, -0.2) is 16.1 Å². The molecule has 7 heteroatoms. The Labute approximate surface area is 72.0 Å². The smallest absolute Gasteiger partial charge is 0.223 e. The second-order valence-electron chi connectivity index (χ2n) is 1.96. The average Bonchev–Trinajstić information content (AvgIpc) is 2.34. The molecular formula is C5H6N3O3S-. The third-order valence-electron chi connectivity index (χ3n) is 0.965. The fourth-order valence-electron chi connectivity index (χ4n) is 0.562. The molecule has 1 amide bonds. The van der Waals surface area contributed by atoms with Gasteiger partial charge in [-0.1, -0.05) is 11.3 Å². The van der Waals surface area contributed by atoms with Crippen LogP contribution in [0.2, 0.25) is 0 Å². The molecule has 2 N–H and O–H groups in total. The second kappa shape index (κ2) is 3.48. The first-order chi connectivity index (χ1) is 5.59. The molecule has 1 aromatic heterocycles. The molecule has 0 fully saturated rings. The number of amides is 1. The van der Waals surface area contributed by atoms with E-state index in [4.69, 9.17) is 5.21 Å². The number of rotatable bonds is 2. The highest BCUT2D eigenvalue weighted by atomic mass is 32.1. The van der Waals surface area contributed by atoms with Gasteiger partial charge >= 0.3 is 0 Å². The molecule has 0 atom stereocenters. The monoisotopic (exact) mass is 188 g/mol. The summed E-state index contributed by atoms with van der Waals surface area (Å²) in [6.45, 7) is 1.33. The van der Waals surface area contributed by atoms with Crippen LogP contribution in [0.3, 0.4) is 0 Å². The summed E-state index contributed by atoms with van der Waals surface area (Å²) >= 11 is 0.890. The van der Waals surface area contributed by atoms with E-state index in [0.717, 1.165) is 11.3 Å². The van der Waals surface area contributed by atoms with Gasteiger partial charge in [0.25, 0.3) is 0 Å². The summed E-state index contributed by atoms with van der Waals surface area (Å²) in [6.07, 6.45) is 1.17. The lowest BCUT2D eigenvalue weighted by molar-refractivity contribution is -0.114. The first-order valence-electron chi connectivity index (χ1n) is 2.99. The molecule has 0 aliphatic rings. The first kappa shape index (κ1) is 8.91. The molecule has 1 aromatic rings.